The Bertz CT molecular complexity index is 312. The maximum atomic E-state index is 12.4. The summed E-state index contributed by atoms with van der Waals surface area (Å²) in [6, 6.07) is -0.761. The SMILES string of the molecule is CCCCC(NC(=O)C1(CCC)CCCN1)C(=O)O. The molecule has 1 aliphatic rings. The van der Waals surface area contributed by atoms with Gasteiger partial charge in [-0.3, -0.25) is 4.79 Å². The van der Waals surface area contributed by atoms with Crippen molar-refractivity contribution in [1.29, 1.82) is 0 Å². The number of nitrogens with one attached hydrogen (secondary N) is 2. The Morgan fingerprint density at radius 1 is 1.37 bits per heavy atom. The van der Waals surface area contributed by atoms with Crippen LogP contribution in [0.5, 0.6) is 0 Å². The van der Waals surface area contributed by atoms with Gasteiger partial charge in [0, 0.05) is 0 Å². The lowest BCUT2D eigenvalue weighted by molar-refractivity contribution is -0.143. The predicted molar refractivity (Wildman–Crippen MR) is 74.0 cm³/mol. The van der Waals surface area contributed by atoms with Crippen LogP contribution in [0.3, 0.4) is 0 Å². The molecule has 1 amide bonds. The number of aliphatic carboxylic acids is 1. The van der Waals surface area contributed by atoms with Crippen molar-refractivity contribution in [3.63, 3.8) is 0 Å². The van der Waals surface area contributed by atoms with E-state index in [1.54, 1.807) is 0 Å². The lowest BCUT2D eigenvalue weighted by Crippen LogP contribution is -2.57. The number of rotatable bonds is 8. The van der Waals surface area contributed by atoms with Crippen molar-refractivity contribution in [3.8, 4) is 0 Å². The van der Waals surface area contributed by atoms with E-state index in [9.17, 15) is 14.7 Å². The molecule has 2 unspecified atom stereocenters. The average molecular weight is 270 g/mol. The highest BCUT2D eigenvalue weighted by atomic mass is 16.4. The van der Waals surface area contributed by atoms with Crippen LogP contribution in [0.15, 0.2) is 0 Å². The number of carbonyl (C=O) groups is 2. The normalized spacial score (nSPS) is 24.1. The fourth-order valence-corrected chi connectivity index (χ4v) is 2.72. The second-order valence-corrected chi connectivity index (χ2v) is 5.37. The first-order valence-electron chi connectivity index (χ1n) is 7.34. The first kappa shape index (κ1) is 16.0. The van der Waals surface area contributed by atoms with E-state index >= 15 is 0 Å². The summed E-state index contributed by atoms with van der Waals surface area (Å²) in [5.74, 6) is -1.08. The van der Waals surface area contributed by atoms with E-state index < -0.39 is 17.6 Å². The van der Waals surface area contributed by atoms with Gasteiger partial charge < -0.3 is 15.7 Å². The van der Waals surface area contributed by atoms with Crippen molar-refractivity contribution in [1.82, 2.24) is 10.6 Å². The van der Waals surface area contributed by atoms with Crippen LogP contribution in [0.25, 0.3) is 0 Å². The standard InChI is InChI=1S/C14H26N2O3/c1-3-5-7-11(12(17)18)16-13(19)14(8-4-2)9-6-10-15-14/h11,15H,3-10H2,1-2H3,(H,16,19)(H,17,18). The van der Waals surface area contributed by atoms with Crippen LogP contribution in [-0.4, -0.2) is 35.1 Å². The molecule has 19 heavy (non-hydrogen) atoms. The molecule has 0 aliphatic carbocycles. The zero-order valence-electron chi connectivity index (χ0n) is 12.0. The molecule has 0 bridgehead atoms. The number of amides is 1. The molecule has 0 aromatic heterocycles. The molecule has 1 fully saturated rings. The molecule has 0 saturated carbocycles. The molecule has 1 heterocycles. The molecule has 5 nitrogen and oxygen atoms in total. The van der Waals surface area contributed by atoms with Gasteiger partial charge in [0.05, 0.1) is 5.54 Å². The van der Waals surface area contributed by atoms with Gasteiger partial charge in [-0.05, 0) is 32.2 Å². The number of unbranched alkanes of at least 4 members (excludes halogenated alkanes) is 1. The summed E-state index contributed by atoms with van der Waals surface area (Å²) in [5.41, 5.74) is -0.547. The second-order valence-electron chi connectivity index (χ2n) is 5.37. The Hall–Kier alpha value is -1.10. The summed E-state index contributed by atoms with van der Waals surface area (Å²) < 4.78 is 0. The highest BCUT2D eigenvalue weighted by Crippen LogP contribution is 2.25. The van der Waals surface area contributed by atoms with Gasteiger partial charge in [-0.2, -0.15) is 0 Å². The first-order chi connectivity index (χ1) is 9.05. The Kier molecular flexibility index (Phi) is 6.28. The molecule has 0 spiro atoms. The Balaban J connectivity index is 2.65. The minimum Gasteiger partial charge on any atom is -0.480 e. The molecule has 1 aliphatic heterocycles. The topological polar surface area (TPSA) is 78.4 Å². The van der Waals surface area contributed by atoms with Crippen LogP contribution in [0.2, 0.25) is 0 Å². The highest BCUT2D eigenvalue weighted by Gasteiger charge is 2.41. The largest absolute Gasteiger partial charge is 0.480 e. The fraction of sp³-hybridized carbons (Fsp3) is 0.857. The first-order valence-corrected chi connectivity index (χ1v) is 7.34. The molecule has 0 aromatic carbocycles. The van der Waals surface area contributed by atoms with Crippen molar-refractivity contribution in [2.75, 3.05) is 6.54 Å². The van der Waals surface area contributed by atoms with Crippen molar-refractivity contribution < 1.29 is 14.7 Å². The second kappa shape index (κ2) is 7.48. The quantitative estimate of drug-likeness (QED) is 0.627. The zero-order chi connectivity index (χ0) is 14.3. The summed E-state index contributed by atoms with van der Waals surface area (Å²) in [6.45, 7) is 4.89. The third-order valence-corrected chi connectivity index (χ3v) is 3.80. The van der Waals surface area contributed by atoms with E-state index in [4.69, 9.17) is 0 Å². The van der Waals surface area contributed by atoms with Crippen molar-refractivity contribution in [2.24, 2.45) is 0 Å². The van der Waals surface area contributed by atoms with E-state index in [1.165, 1.54) is 0 Å². The third-order valence-electron chi connectivity index (χ3n) is 3.80. The zero-order valence-corrected chi connectivity index (χ0v) is 12.0. The van der Waals surface area contributed by atoms with Gasteiger partial charge in [-0.1, -0.05) is 33.1 Å². The number of carbonyl (C=O) groups excluding carboxylic acids is 1. The van der Waals surface area contributed by atoms with Crippen molar-refractivity contribution in [2.45, 2.75) is 70.4 Å². The molecular formula is C14H26N2O3. The number of carboxylic acid groups (broad SMARTS) is 1. The molecule has 0 radical (unpaired) electrons. The average Bonchev–Trinajstić information content (AvgIpc) is 2.84. The van der Waals surface area contributed by atoms with Gasteiger partial charge in [-0.15, -0.1) is 0 Å². The van der Waals surface area contributed by atoms with Gasteiger partial charge in [-0.25, -0.2) is 4.79 Å². The summed E-state index contributed by atoms with van der Waals surface area (Å²) >= 11 is 0. The van der Waals surface area contributed by atoms with E-state index in [0.29, 0.717) is 6.42 Å². The molecule has 1 saturated heterocycles. The fourth-order valence-electron chi connectivity index (χ4n) is 2.72. The van der Waals surface area contributed by atoms with Gasteiger partial charge >= 0.3 is 5.97 Å². The smallest absolute Gasteiger partial charge is 0.326 e. The van der Waals surface area contributed by atoms with Crippen molar-refractivity contribution in [3.05, 3.63) is 0 Å². The maximum absolute atomic E-state index is 12.4. The van der Waals surface area contributed by atoms with Gasteiger partial charge in [0.1, 0.15) is 6.04 Å². The summed E-state index contributed by atoms with van der Waals surface area (Å²) in [6.07, 6.45) is 5.68. The lowest BCUT2D eigenvalue weighted by Gasteiger charge is -2.29. The van der Waals surface area contributed by atoms with Crippen LogP contribution in [0.1, 0.15) is 58.8 Å². The Morgan fingerprint density at radius 2 is 2.11 bits per heavy atom. The van der Waals surface area contributed by atoms with Gasteiger partial charge in [0.2, 0.25) is 5.91 Å². The van der Waals surface area contributed by atoms with E-state index in [-0.39, 0.29) is 5.91 Å². The molecule has 110 valence electrons. The Labute approximate surface area is 115 Å². The van der Waals surface area contributed by atoms with Crippen LogP contribution < -0.4 is 10.6 Å². The third kappa shape index (κ3) is 4.20. The molecule has 0 aromatic rings. The predicted octanol–water partition coefficient (Wildman–Crippen LogP) is 1.67. The summed E-state index contributed by atoms with van der Waals surface area (Å²) in [4.78, 5) is 23.6. The maximum Gasteiger partial charge on any atom is 0.326 e. The van der Waals surface area contributed by atoms with Crippen LogP contribution in [-0.2, 0) is 9.59 Å². The monoisotopic (exact) mass is 270 g/mol. The van der Waals surface area contributed by atoms with Gasteiger partial charge in [0.25, 0.3) is 0 Å². The van der Waals surface area contributed by atoms with Crippen LogP contribution in [0, 0.1) is 0 Å². The van der Waals surface area contributed by atoms with Crippen LogP contribution >= 0.6 is 0 Å². The molecular weight excluding hydrogens is 244 g/mol. The lowest BCUT2D eigenvalue weighted by atomic mass is 9.90. The summed E-state index contributed by atoms with van der Waals surface area (Å²) in [7, 11) is 0. The molecule has 1 rings (SSSR count). The Morgan fingerprint density at radius 3 is 2.58 bits per heavy atom. The van der Waals surface area contributed by atoms with Crippen molar-refractivity contribution >= 4 is 11.9 Å². The summed E-state index contributed by atoms with van der Waals surface area (Å²) in [5, 5.41) is 15.2. The van der Waals surface area contributed by atoms with E-state index in [0.717, 1.165) is 45.1 Å². The number of hydrogen-bond donors (Lipinski definition) is 3. The number of hydrogen-bond acceptors (Lipinski definition) is 3. The van der Waals surface area contributed by atoms with Gasteiger partial charge in [0.15, 0.2) is 0 Å². The molecule has 2 atom stereocenters. The molecule has 3 N–H and O–H groups in total. The minimum atomic E-state index is -0.938. The minimum absolute atomic E-state index is 0.143. The molecule has 5 heteroatoms. The van der Waals surface area contributed by atoms with Crippen LogP contribution in [0.4, 0.5) is 0 Å². The number of carboxylic acids is 1. The van der Waals surface area contributed by atoms with E-state index in [1.807, 2.05) is 13.8 Å². The highest BCUT2D eigenvalue weighted by molar-refractivity contribution is 5.90. The van der Waals surface area contributed by atoms with E-state index in [2.05, 4.69) is 10.6 Å².